The molecule has 0 saturated carbocycles. The predicted octanol–water partition coefficient (Wildman–Crippen LogP) is 4.11. The normalized spacial score (nSPS) is 13.9. The number of sulfone groups is 1. The Morgan fingerprint density at radius 3 is 2.27 bits per heavy atom. The molecule has 1 amide bonds. The molecule has 0 saturated heterocycles. The predicted molar refractivity (Wildman–Crippen MR) is 121 cm³/mol. The Hall–Kier alpha value is -2.70. The number of hydrogen-bond acceptors (Lipinski definition) is 4. The number of hydrogen-bond donors (Lipinski definition) is 1. The number of nitrogens with zero attached hydrogens (tertiary/aromatic N) is 1. The molecule has 0 radical (unpaired) electrons. The van der Waals surface area contributed by atoms with Crippen LogP contribution in [0.25, 0.3) is 10.8 Å². The Morgan fingerprint density at radius 1 is 0.967 bits per heavy atom. The van der Waals surface area contributed by atoms with Gasteiger partial charge in [0.1, 0.15) is 0 Å². The smallest absolute Gasteiger partial charge is 0.234 e. The Kier molecular flexibility index (Phi) is 6.58. The average molecular weight is 425 g/mol. The van der Waals surface area contributed by atoms with Crippen LogP contribution in [-0.4, -0.2) is 39.1 Å². The van der Waals surface area contributed by atoms with Gasteiger partial charge in [-0.3, -0.25) is 9.69 Å². The van der Waals surface area contributed by atoms with Crippen molar-refractivity contribution in [3.63, 3.8) is 0 Å². The van der Waals surface area contributed by atoms with E-state index in [1.54, 1.807) is 24.3 Å². The molecule has 0 aliphatic rings. The number of carbonyl (C=O) groups is 1. The summed E-state index contributed by atoms with van der Waals surface area (Å²) in [4.78, 5) is 14.9. The molecule has 2 atom stereocenters. The third-order valence-corrected chi connectivity index (χ3v) is 6.64. The fourth-order valence-corrected chi connectivity index (χ4v) is 4.23. The van der Waals surface area contributed by atoms with Crippen LogP contribution in [-0.2, 0) is 14.6 Å². The molecule has 0 aliphatic carbocycles. The molecule has 0 bridgehead atoms. The summed E-state index contributed by atoms with van der Waals surface area (Å²) in [5.41, 5.74) is 2.05. The molecule has 0 fully saturated rings. The van der Waals surface area contributed by atoms with E-state index in [9.17, 15) is 13.2 Å². The summed E-state index contributed by atoms with van der Waals surface area (Å²) < 4.78 is 23.3. The minimum absolute atomic E-state index is 0.0304. The summed E-state index contributed by atoms with van der Waals surface area (Å²) in [6.45, 7) is 4.23. The number of amides is 1. The quantitative estimate of drug-likeness (QED) is 0.620. The van der Waals surface area contributed by atoms with Crippen LogP contribution in [0.15, 0.2) is 71.6 Å². The first-order valence-electron chi connectivity index (χ1n) is 9.94. The third kappa shape index (κ3) is 5.07. The summed E-state index contributed by atoms with van der Waals surface area (Å²) in [5.74, 6) is -0.0578. The molecule has 3 aromatic rings. The van der Waals surface area contributed by atoms with Crippen molar-refractivity contribution in [3.05, 3.63) is 77.9 Å². The average Bonchev–Trinajstić information content (AvgIpc) is 2.72. The molecule has 2 unspecified atom stereocenters. The number of benzene rings is 3. The van der Waals surface area contributed by atoms with Gasteiger partial charge in [-0.2, -0.15) is 0 Å². The Labute approximate surface area is 178 Å². The zero-order chi connectivity index (χ0) is 21.9. The van der Waals surface area contributed by atoms with Gasteiger partial charge in [0.05, 0.1) is 17.5 Å². The summed E-state index contributed by atoms with van der Waals surface area (Å²) in [6, 6.07) is 20.9. The van der Waals surface area contributed by atoms with Gasteiger partial charge in [-0.1, -0.05) is 54.6 Å². The van der Waals surface area contributed by atoms with Gasteiger partial charge in [0.25, 0.3) is 0 Å². The molecule has 0 aromatic heterocycles. The molecule has 0 aliphatic heterocycles. The molecule has 3 aromatic carbocycles. The largest absolute Gasteiger partial charge is 0.348 e. The second-order valence-electron chi connectivity index (χ2n) is 7.79. The molecular formula is C24H28N2O3S. The highest BCUT2D eigenvalue weighted by atomic mass is 32.2. The van der Waals surface area contributed by atoms with Crippen LogP contribution in [0.5, 0.6) is 0 Å². The van der Waals surface area contributed by atoms with Crippen molar-refractivity contribution in [1.29, 1.82) is 0 Å². The zero-order valence-corrected chi connectivity index (χ0v) is 18.6. The van der Waals surface area contributed by atoms with Gasteiger partial charge < -0.3 is 5.32 Å². The van der Waals surface area contributed by atoms with E-state index in [-0.39, 0.29) is 24.5 Å². The summed E-state index contributed by atoms with van der Waals surface area (Å²) in [5, 5.41) is 5.39. The lowest BCUT2D eigenvalue weighted by Gasteiger charge is -2.26. The van der Waals surface area contributed by atoms with E-state index in [0.717, 1.165) is 21.9 Å². The van der Waals surface area contributed by atoms with Gasteiger partial charge in [0, 0.05) is 12.3 Å². The third-order valence-electron chi connectivity index (χ3n) is 5.51. The van der Waals surface area contributed by atoms with Crippen molar-refractivity contribution < 1.29 is 13.2 Å². The highest BCUT2D eigenvalue weighted by Gasteiger charge is 2.18. The van der Waals surface area contributed by atoms with Crippen LogP contribution in [0.1, 0.15) is 37.1 Å². The zero-order valence-electron chi connectivity index (χ0n) is 17.8. The first-order chi connectivity index (χ1) is 14.2. The fourth-order valence-electron chi connectivity index (χ4n) is 3.60. The summed E-state index contributed by atoms with van der Waals surface area (Å²) in [6.07, 6.45) is 1.19. The first kappa shape index (κ1) is 22.0. The SMILES string of the molecule is CC(NC(=O)CN(C)C(C)c1ccc(S(C)(=O)=O)cc1)c1cccc2ccccc12. The van der Waals surface area contributed by atoms with E-state index in [1.807, 2.05) is 50.1 Å². The molecule has 6 heteroatoms. The minimum Gasteiger partial charge on any atom is -0.348 e. The van der Waals surface area contributed by atoms with Gasteiger partial charge in [-0.05, 0) is 54.9 Å². The van der Waals surface area contributed by atoms with Crippen LogP contribution >= 0.6 is 0 Å². The lowest BCUT2D eigenvalue weighted by molar-refractivity contribution is -0.123. The minimum atomic E-state index is -3.22. The number of likely N-dealkylation sites (N-methyl/N-ethyl adjacent to an activating group) is 1. The summed E-state index contributed by atoms with van der Waals surface area (Å²) in [7, 11) is -1.33. The topological polar surface area (TPSA) is 66.5 Å². The lowest BCUT2D eigenvalue weighted by Crippen LogP contribution is -2.37. The molecule has 158 valence electrons. The van der Waals surface area contributed by atoms with Crippen LogP contribution < -0.4 is 5.32 Å². The maximum Gasteiger partial charge on any atom is 0.234 e. The van der Waals surface area contributed by atoms with Gasteiger partial charge in [-0.25, -0.2) is 8.42 Å². The molecule has 5 nitrogen and oxygen atoms in total. The Morgan fingerprint density at radius 2 is 1.60 bits per heavy atom. The molecule has 30 heavy (non-hydrogen) atoms. The Balaban J connectivity index is 1.65. The Bertz CT molecular complexity index is 1140. The van der Waals surface area contributed by atoms with Crippen molar-refractivity contribution in [1.82, 2.24) is 10.2 Å². The van der Waals surface area contributed by atoms with E-state index >= 15 is 0 Å². The molecule has 0 spiro atoms. The van der Waals surface area contributed by atoms with Crippen molar-refractivity contribution >= 4 is 26.5 Å². The fraction of sp³-hybridized carbons (Fsp3) is 0.292. The molecule has 3 rings (SSSR count). The lowest BCUT2D eigenvalue weighted by atomic mass is 9.99. The van der Waals surface area contributed by atoms with Crippen LogP contribution in [0.2, 0.25) is 0 Å². The van der Waals surface area contributed by atoms with Gasteiger partial charge in [0.15, 0.2) is 9.84 Å². The van der Waals surface area contributed by atoms with Crippen LogP contribution in [0.3, 0.4) is 0 Å². The van der Waals surface area contributed by atoms with Crippen molar-refractivity contribution in [2.75, 3.05) is 19.8 Å². The van der Waals surface area contributed by atoms with Crippen molar-refractivity contribution in [2.24, 2.45) is 0 Å². The van der Waals surface area contributed by atoms with E-state index in [4.69, 9.17) is 0 Å². The number of carbonyl (C=O) groups excluding carboxylic acids is 1. The van der Waals surface area contributed by atoms with E-state index in [0.29, 0.717) is 4.90 Å². The maximum absolute atomic E-state index is 12.7. The highest BCUT2D eigenvalue weighted by Crippen LogP contribution is 2.24. The van der Waals surface area contributed by atoms with Gasteiger partial charge in [0.2, 0.25) is 5.91 Å². The molecular weight excluding hydrogens is 396 g/mol. The second kappa shape index (κ2) is 8.98. The van der Waals surface area contributed by atoms with Crippen molar-refractivity contribution in [2.45, 2.75) is 30.8 Å². The van der Waals surface area contributed by atoms with Crippen molar-refractivity contribution in [3.8, 4) is 0 Å². The number of rotatable bonds is 7. The maximum atomic E-state index is 12.7. The standard InChI is InChI=1S/C24H28N2O3S/c1-17(22-11-7-9-20-8-5-6-10-23(20)22)25-24(27)16-26(3)18(2)19-12-14-21(15-13-19)30(4,28)29/h5-15,17-18H,16H2,1-4H3,(H,25,27). The monoisotopic (exact) mass is 424 g/mol. The van der Waals surface area contributed by atoms with E-state index in [1.165, 1.54) is 6.26 Å². The van der Waals surface area contributed by atoms with E-state index in [2.05, 4.69) is 23.5 Å². The molecule has 0 heterocycles. The summed E-state index contributed by atoms with van der Waals surface area (Å²) >= 11 is 0. The highest BCUT2D eigenvalue weighted by molar-refractivity contribution is 7.90. The second-order valence-corrected chi connectivity index (χ2v) is 9.81. The number of nitrogens with one attached hydrogen (secondary N) is 1. The van der Waals surface area contributed by atoms with Gasteiger partial charge in [-0.15, -0.1) is 0 Å². The molecule has 1 N–H and O–H groups in total. The first-order valence-corrected chi connectivity index (χ1v) is 11.8. The van der Waals surface area contributed by atoms with E-state index < -0.39 is 9.84 Å². The van der Waals surface area contributed by atoms with Gasteiger partial charge >= 0.3 is 0 Å². The number of fused-ring (bicyclic) bond motifs is 1. The van der Waals surface area contributed by atoms with Crippen LogP contribution in [0, 0.1) is 0 Å². The van der Waals surface area contributed by atoms with Crippen LogP contribution in [0.4, 0.5) is 0 Å².